The first-order valence-corrected chi connectivity index (χ1v) is 5.26. The van der Waals surface area contributed by atoms with Crippen molar-refractivity contribution in [1.29, 1.82) is 0 Å². The Morgan fingerprint density at radius 2 is 2.25 bits per heavy atom. The van der Waals surface area contributed by atoms with Crippen molar-refractivity contribution < 1.29 is 4.39 Å². The van der Waals surface area contributed by atoms with Gasteiger partial charge in [0.05, 0.1) is 6.20 Å². The second-order valence-corrected chi connectivity index (χ2v) is 3.88. The average molecular weight is 240 g/mol. The quantitative estimate of drug-likeness (QED) is 0.861. The maximum Gasteiger partial charge on any atom is 0.127 e. The molecule has 0 aliphatic rings. The molecule has 0 atom stereocenters. The second kappa shape index (κ2) is 5.09. The standard InChI is InChI=1S/C11H11ClFN3/c12-10-1-2-11(13)9(3-10)7-14-4-8-5-15-16-6-8/h1-3,5-6,14H,4,7H2,(H,15,16). The van der Waals surface area contributed by atoms with Crippen LogP contribution in [-0.2, 0) is 13.1 Å². The molecule has 0 amide bonds. The van der Waals surface area contributed by atoms with Gasteiger partial charge in [0.2, 0.25) is 0 Å². The van der Waals surface area contributed by atoms with E-state index in [0.717, 1.165) is 5.56 Å². The minimum atomic E-state index is -0.246. The molecule has 5 heteroatoms. The predicted molar refractivity (Wildman–Crippen MR) is 60.5 cm³/mol. The normalized spacial score (nSPS) is 10.6. The van der Waals surface area contributed by atoms with Crippen molar-refractivity contribution in [1.82, 2.24) is 15.5 Å². The second-order valence-electron chi connectivity index (χ2n) is 3.45. The summed E-state index contributed by atoms with van der Waals surface area (Å²) in [5, 5.41) is 10.2. The van der Waals surface area contributed by atoms with Crippen molar-refractivity contribution in [3.05, 3.63) is 52.6 Å². The number of hydrogen-bond acceptors (Lipinski definition) is 2. The van der Waals surface area contributed by atoms with Crippen molar-refractivity contribution in [2.45, 2.75) is 13.1 Å². The van der Waals surface area contributed by atoms with E-state index in [4.69, 9.17) is 11.6 Å². The lowest BCUT2D eigenvalue weighted by Gasteiger charge is -2.05. The number of halogens is 2. The van der Waals surface area contributed by atoms with Gasteiger partial charge in [0, 0.05) is 35.4 Å². The monoisotopic (exact) mass is 239 g/mol. The van der Waals surface area contributed by atoms with Crippen molar-refractivity contribution in [2.24, 2.45) is 0 Å². The third kappa shape index (κ3) is 2.81. The molecule has 16 heavy (non-hydrogen) atoms. The number of aromatic nitrogens is 2. The molecule has 1 aromatic heterocycles. The van der Waals surface area contributed by atoms with Gasteiger partial charge in [-0.1, -0.05) is 11.6 Å². The summed E-state index contributed by atoms with van der Waals surface area (Å²) in [6.07, 6.45) is 3.52. The maximum atomic E-state index is 13.3. The predicted octanol–water partition coefficient (Wildman–Crippen LogP) is 2.49. The molecule has 0 fully saturated rings. The van der Waals surface area contributed by atoms with Gasteiger partial charge in [0.25, 0.3) is 0 Å². The first-order valence-electron chi connectivity index (χ1n) is 4.88. The largest absolute Gasteiger partial charge is 0.308 e. The summed E-state index contributed by atoms with van der Waals surface area (Å²) in [6.45, 7) is 1.08. The number of hydrogen-bond donors (Lipinski definition) is 2. The van der Waals surface area contributed by atoms with E-state index < -0.39 is 0 Å². The molecule has 3 nitrogen and oxygen atoms in total. The lowest BCUT2D eigenvalue weighted by molar-refractivity contribution is 0.588. The molecule has 2 N–H and O–H groups in total. The Labute approximate surface area is 97.6 Å². The van der Waals surface area contributed by atoms with Gasteiger partial charge in [-0.15, -0.1) is 0 Å². The van der Waals surface area contributed by atoms with E-state index in [2.05, 4.69) is 15.5 Å². The molecule has 0 bridgehead atoms. The zero-order chi connectivity index (χ0) is 11.4. The van der Waals surface area contributed by atoms with Crippen molar-refractivity contribution >= 4 is 11.6 Å². The van der Waals surface area contributed by atoms with Crippen LogP contribution in [0, 0.1) is 5.82 Å². The Morgan fingerprint density at radius 1 is 1.38 bits per heavy atom. The Hall–Kier alpha value is -1.39. The summed E-state index contributed by atoms with van der Waals surface area (Å²) in [4.78, 5) is 0. The van der Waals surface area contributed by atoms with Gasteiger partial charge in [-0.25, -0.2) is 4.39 Å². The highest BCUT2D eigenvalue weighted by Crippen LogP contribution is 2.14. The van der Waals surface area contributed by atoms with Crippen molar-refractivity contribution in [2.75, 3.05) is 0 Å². The fraction of sp³-hybridized carbons (Fsp3) is 0.182. The van der Waals surface area contributed by atoms with Crippen LogP contribution in [0.25, 0.3) is 0 Å². The molecule has 0 saturated heterocycles. The van der Waals surface area contributed by atoms with Crippen LogP contribution in [0.5, 0.6) is 0 Å². The molecule has 0 radical (unpaired) electrons. The van der Waals surface area contributed by atoms with E-state index in [1.165, 1.54) is 12.1 Å². The van der Waals surface area contributed by atoms with E-state index in [1.54, 1.807) is 18.5 Å². The number of aromatic amines is 1. The van der Waals surface area contributed by atoms with Crippen LogP contribution in [0.15, 0.2) is 30.6 Å². The highest BCUT2D eigenvalue weighted by molar-refractivity contribution is 6.30. The van der Waals surface area contributed by atoms with E-state index in [1.807, 2.05) is 0 Å². The number of nitrogens with zero attached hydrogens (tertiary/aromatic N) is 1. The number of H-pyrrole nitrogens is 1. The fourth-order valence-corrected chi connectivity index (χ4v) is 1.59. The Morgan fingerprint density at radius 3 is 3.00 bits per heavy atom. The molecule has 84 valence electrons. The minimum absolute atomic E-state index is 0.246. The number of rotatable bonds is 4. The van der Waals surface area contributed by atoms with Crippen LogP contribution in [-0.4, -0.2) is 10.2 Å². The average Bonchev–Trinajstić information content (AvgIpc) is 2.76. The van der Waals surface area contributed by atoms with Crippen LogP contribution < -0.4 is 5.32 Å². The Bertz CT molecular complexity index is 456. The van der Waals surface area contributed by atoms with E-state index in [0.29, 0.717) is 23.7 Å². The summed E-state index contributed by atoms with van der Waals surface area (Å²) in [6, 6.07) is 4.53. The highest BCUT2D eigenvalue weighted by atomic mass is 35.5. The molecule has 2 aromatic rings. The van der Waals surface area contributed by atoms with Crippen molar-refractivity contribution in [3.63, 3.8) is 0 Å². The summed E-state index contributed by atoms with van der Waals surface area (Å²) in [5.74, 6) is -0.246. The first-order chi connectivity index (χ1) is 7.75. The molecule has 0 unspecified atom stereocenters. The molecule has 1 heterocycles. The maximum absolute atomic E-state index is 13.3. The van der Waals surface area contributed by atoms with E-state index in [-0.39, 0.29) is 5.82 Å². The van der Waals surface area contributed by atoms with Gasteiger partial charge >= 0.3 is 0 Å². The molecule has 0 aliphatic carbocycles. The topological polar surface area (TPSA) is 40.7 Å². The Kier molecular flexibility index (Phi) is 3.54. The smallest absolute Gasteiger partial charge is 0.127 e. The van der Waals surface area contributed by atoms with Crippen LogP contribution in [0.1, 0.15) is 11.1 Å². The third-order valence-corrected chi connectivity index (χ3v) is 2.44. The van der Waals surface area contributed by atoms with Crippen LogP contribution in [0.2, 0.25) is 5.02 Å². The van der Waals surface area contributed by atoms with Crippen LogP contribution in [0.4, 0.5) is 4.39 Å². The molecular weight excluding hydrogens is 229 g/mol. The highest BCUT2D eigenvalue weighted by Gasteiger charge is 2.02. The molecule has 0 spiro atoms. The van der Waals surface area contributed by atoms with Gasteiger partial charge in [-0.2, -0.15) is 5.10 Å². The van der Waals surface area contributed by atoms with Crippen molar-refractivity contribution in [3.8, 4) is 0 Å². The third-order valence-electron chi connectivity index (χ3n) is 2.21. The SMILES string of the molecule is Fc1ccc(Cl)cc1CNCc1cn[nH]c1. The fourth-order valence-electron chi connectivity index (χ4n) is 1.39. The minimum Gasteiger partial charge on any atom is -0.308 e. The number of nitrogens with one attached hydrogen (secondary N) is 2. The summed E-state index contributed by atoms with van der Waals surface area (Å²) in [5.41, 5.74) is 1.60. The van der Waals surface area contributed by atoms with E-state index >= 15 is 0 Å². The summed E-state index contributed by atoms with van der Waals surface area (Å²) in [7, 11) is 0. The Balaban J connectivity index is 1.92. The van der Waals surface area contributed by atoms with Crippen LogP contribution >= 0.6 is 11.6 Å². The lowest BCUT2D eigenvalue weighted by Crippen LogP contribution is -2.13. The number of benzene rings is 1. The van der Waals surface area contributed by atoms with Gasteiger partial charge in [0.1, 0.15) is 5.82 Å². The summed E-state index contributed by atoms with van der Waals surface area (Å²) < 4.78 is 13.3. The molecule has 2 rings (SSSR count). The van der Waals surface area contributed by atoms with Crippen LogP contribution in [0.3, 0.4) is 0 Å². The summed E-state index contributed by atoms with van der Waals surface area (Å²) >= 11 is 5.79. The molecule has 0 saturated carbocycles. The van der Waals surface area contributed by atoms with Gasteiger partial charge in [-0.3, -0.25) is 5.10 Å². The molecule has 0 aliphatic heterocycles. The van der Waals surface area contributed by atoms with Gasteiger partial charge in [0.15, 0.2) is 0 Å². The lowest BCUT2D eigenvalue weighted by atomic mass is 10.2. The van der Waals surface area contributed by atoms with Gasteiger partial charge < -0.3 is 5.32 Å². The zero-order valence-corrected chi connectivity index (χ0v) is 9.26. The zero-order valence-electron chi connectivity index (χ0n) is 8.50. The molecule has 1 aromatic carbocycles. The molecular formula is C11H11ClFN3. The first kappa shape index (κ1) is 11.1. The van der Waals surface area contributed by atoms with E-state index in [9.17, 15) is 4.39 Å². The van der Waals surface area contributed by atoms with Gasteiger partial charge in [-0.05, 0) is 18.2 Å².